The van der Waals surface area contributed by atoms with Gasteiger partial charge in [-0.3, -0.25) is 0 Å². The van der Waals surface area contributed by atoms with Crippen LogP contribution < -0.4 is 10.4 Å². The van der Waals surface area contributed by atoms with E-state index in [1.165, 1.54) is 20.0 Å². The normalized spacial score (nSPS) is 9.44. The summed E-state index contributed by atoms with van der Waals surface area (Å²) >= 11 is 5.77. The van der Waals surface area contributed by atoms with Crippen molar-refractivity contribution < 1.29 is 14.4 Å². The van der Waals surface area contributed by atoms with E-state index in [1.54, 1.807) is 18.2 Å². The average Bonchev–Trinajstić information content (AvgIpc) is 2.24. The van der Waals surface area contributed by atoms with Gasteiger partial charge in [0.1, 0.15) is 0 Å². The molecule has 0 unspecified atom stereocenters. The highest BCUT2D eigenvalue weighted by Crippen LogP contribution is 2.19. The van der Waals surface area contributed by atoms with E-state index < -0.39 is 12.0 Å². The van der Waals surface area contributed by atoms with Gasteiger partial charge >= 0.3 is 12.0 Å². The lowest BCUT2D eigenvalue weighted by Gasteiger charge is -2.19. The lowest BCUT2D eigenvalue weighted by molar-refractivity contribution is -0.141. The zero-order chi connectivity index (χ0) is 12.1. The molecule has 0 radical (unpaired) electrons. The number of benzene rings is 1. The van der Waals surface area contributed by atoms with Gasteiger partial charge in [0.05, 0.1) is 5.69 Å². The number of urea groups is 1. The highest BCUT2D eigenvalue weighted by Gasteiger charge is 2.17. The van der Waals surface area contributed by atoms with E-state index in [4.69, 9.17) is 16.4 Å². The van der Waals surface area contributed by atoms with E-state index >= 15 is 0 Å². The van der Waals surface area contributed by atoms with Crippen LogP contribution in [0.1, 0.15) is 6.92 Å². The predicted octanol–water partition coefficient (Wildman–Crippen LogP) is 1.96. The van der Waals surface area contributed by atoms with Crippen molar-refractivity contribution in [3.8, 4) is 0 Å². The Balaban J connectivity index is 3.00. The highest BCUT2D eigenvalue weighted by atomic mass is 35.5. The minimum Gasteiger partial charge on any atom is -0.338 e. The first kappa shape index (κ1) is 12.3. The number of hydrogen-bond donors (Lipinski definition) is 1. The molecule has 0 atom stereocenters. The minimum absolute atomic E-state index is 0.377. The van der Waals surface area contributed by atoms with E-state index in [-0.39, 0.29) is 0 Å². The number of amides is 2. The fourth-order valence-corrected chi connectivity index (χ4v) is 1.23. The van der Waals surface area contributed by atoms with Crippen molar-refractivity contribution in [1.82, 2.24) is 5.32 Å². The van der Waals surface area contributed by atoms with Crippen LogP contribution in [0.2, 0.25) is 5.02 Å². The van der Waals surface area contributed by atoms with Crippen LogP contribution in [0, 0.1) is 0 Å². The predicted molar refractivity (Wildman–Crippen MR) is 60.2 cm³/mol. The van der Waals surface area contributed by atoms with Crippen LogP contribution in [0.25, 0.3) is 0 Å². The Morgan fingerprint density at radius 3 is 2.62 bits per heavy atom. The summed E-state index contributed by atoms with van der Waals surface area (Å²) in [5.41, 5.74) is 0.377. The average molecular weight is 243 g/mol. The van der Waals surface area contributed by atoms with Crippen LogP contribution >= 0.6 is 11.6 Å². The van der Waals surface area contributed by atoms with Gasteiger partial charge in [-0.1, -0.05) is 17.7 Å². The lowest BCUT2D eigenvalue weighted by Crippen LogP contribution is -2.39. The SMILES string of the molecule is CNC(=O)N(OC(C)=O)c1cccc(Cl)c1. The largest absolute Gasteiger partial charge is 0.355 e. The molecule has 86 valence electrons. The number of halogens is 1. The second-order valence-electron chi connectivity index (χ2n) is 2.91. The molecule has 0 aliphatic heterocycles. The van der Waals surface area contributed by atoms with E-state index in [0.717, 1.165) is 5.06 Å². The van der Waals surface area contributed by atoms with Gasteiger partial charge in [0.25, 0.3) is 0 Å². The molecule has 1 aromatic rings. The Labute approximate surface area is 97.9 Å². The molecule has 5 nitrogen and oxygen atoms in total. The van der Waals surface area contributed by atoms with Gasteiger partial charge in [0.15, 0.2) is 0 Å². The summed E-state index contributed by atoms with van der Waals surface area (Å²) in [5, 5.41) is 3.64. The molecular weight excluding hydrogens is 232 g/mol. The van der Waals surface area contributed by atoms with Crippen LogP contribution in [0.5, 0.6) is 0 Å². The molecule has 0 spiro atoms. The number of anilines is 1. The maximum Gasteiger partial charge on any atom is 0.355 e. The zero-order valence-corrected chi connectivity index (χ0v) is 9.62. The summed E-state index contributed by atoms with van der Waals surface area (Å²) in [6.07, 6.45) is 0. The maximum absolute atomic E-state index is 11.5. The summed E-state index contributed by atoms with van der Waals surface area (Å²) in [4.78, 5) is 27.1. The molecular formula is C10H11ClN2O3. The van der Waals surface area contributed by atoms with Crippen molar-refractivity contribution in [2.45, 2.75) is 6.92 Å². The quantitative estimate of drug-likeness (QED) is 0.766. The highest BCUT2D eigenvalue weighted by molar-refractivity contribution is 6.30. The van der Waals surface area contributed by atoms with Gasteiger partial charge in [-0.15, -0.1) is 5.06 Å². The number of carbonyl (C=O) groups excluding carboxylic acids is 2. The number of carbonyl (C=O) groups is 2. The fourth-order valence-electron chi connectivity index (χ4n) is 1.04. The minimum atomic E-state index is -0.594. The summed E-state index contributed by atoms with van der Waals surface area (Å²) in [5.74, 6) is -0.594. The number of nitrogens with zero attached hydrogens (tertiary/aromatic N) is 1. The van der Waals surface area contributed by atoms with E-state index in [1.807, 2.05) is 0 Å². The maximum atomic E-state index is 11.5. The first-order valence-corrected chi connectivity index (χ1v) is 4.88. The molecule has 0 aromatic heterocycles. The molecule has 0 bridgehead atoms. The molecule has 1 aromatic carbocycles. The third-order valence-corrected chi connectivity index (χ3v) is 1.90. The summed E-state index contributed by atoms with van der Waals surface area (Å²) in [7, 11) is 1.43. The van der Waals surface area contributed by atoms with Crippen LogP contribution in [-0.4, -0.2) is 19.0 Å². The van der Waals surface area contributed by atoms with Crippen molar-refractivity contribution in [2.75, 3.05) is 12.1 Å². The van der Waals surface area contributed by atoms with Gasteiger partial charge in [-0.05, 0) is 18.2 Å². The molecule has 0 fully saturated rings. The van der Waals surface area contributed by atoms with Crippen molar-refractivity contribution in [3.05, 3.63) is 29.3 Å². The molecule has 16 heavy (non-hydrogen) atoms. The monoisotopic (exact) mass is 242 g/mol. The first-order valence-electron chi connectivity index (χ1n) is 4.50. The van der Waals surface area contributed by atoms with E-state index in [9.17, 15) is 9.59 Å². The van der Waals surface area contributed by atoms with E-state index in [0.29, 0.717) is 10.7 Å². The van der Waals surface area contributed by atoms with Gasteiger partial charge in [0, 0.05) is 19.0 Å². The van der Waals surface area contributed by atoms with E-state index in [2.05, 4.69) is 5.32 Å². The van der Waals surface area contributed by atoms with Gasteiger partial charge in [-0.2, -0.15) is 0 Å². The summed E-state index contributed by atoms with van der Waals surface area (Å²) in [6.45, 7) is 1.21. The van der Waals surface area contributed by atoms with Gasteiger partial charge in [-0.25, -0.2) is 9.59 Å². The van der Waals surface area contributed by atoms with Gasteiger partial charge < -0.3 is 10.2 Å². The molecule has 2 amide bonds. The Morgan fingerprint density at radius 2 is 2.12 bits per heavy atom. The third-order valence-electron chi connectivity index (χ3n) is 1.66. The fraction of sp³-hybridized carbons (Fsp3) is 0.200. The smallest absolute Gasteiger partial charge is 0.338 e. The van der Waals surface area contributed by atoms with Crippen molar-refractivity contribution in [1.29, 1.82) is 0 Å². The summed E-state index contributed by atoms with van der Waals surface area (Å²) in [6, 6.07) is 5.86. The molecule has 0 aliphatic carbocycles. The van der Waals surface area contributed by atoms with Crippen LogP contribution in [0.3, 0.4) is 0 Å². The number of nitrogens with one attached hydrogen (secondary N) is 1. The van der Waals surface area contributed by atoms with Crippen LogP contribution in [-0.2, 0) is 9.63 Å². The van der Waals surface area contributed by atoms with Gasteiger partial charge in [0.2, 0.25) is 0 Å². The van der Waals surface area contributed by atoms with Crippen molar-refractivity contribution in [2.24, 2.45) is 0 Å². The second-order valence-corrected chi connectivity index (χ2v) is 3.35. The molecule has 0 aliphatic rings. The Bertz CT molecular complexity index is 409. The Morgan fingerprint density at radius 1 is 1.44 bits per heavy atom. The van der Waals surface area contributed by atoms with Crippen molar-refractivity contribution >= 4 is 29.3 Å². The topological polar surface area (TPSA) is 58.6 Å². The first-order chi connectivity index (χ1) is 7.54. The lowest BCUT2D eigenvalue weighted by atomic mass is 10.3. The molecule has 1 N–H and O–H groups in total. The molecule has 0 heterocycles. The second kappa shape index (κ2) is 5.37. The third kappa shape index (κ3) is 3.13. The Hall–Kier alpha value is -1.75. The molecule has 0 saturated heterocycles. The number of rotatable bonds is 1. The number of hydrogen-bond acceptors (Lipinski definition) is 3. The van der Waals surface area contributed by atoms with Crippen LogP contribution in [0.4, 0.5) is 10.5 Å². The zero-order valence-electron chi connectivity index (χ0n) is 8.86. The molecule has 0 saturated carbocycles. The Kier molecular flexibility index (Phi) is 4.13. The van der Waals surface area contributed by atoms with Crippen molar-refractivity contribution in [3.63, 3.8) is 0 Å². The summed E-state index contributed by atoms with van der Waals surface area (Å²) < 4.78 is 0. The van der Waals surface area contributed by atoms with Crippen LogP contribution in [0.15, 0.2) is 24.3 Å². The molecule has 6 heteroatoms. The molecule has 1 rings (SSSR count). The number of hydroxylamine groups is 1. The standard InChI is InChI=1S/C10H11ClN2O3/c1-7(14)16-13(10(15)12-2)9-5-3-4-8(11)6-9/h3-6H,1-2H3,(H,12,15).